The third kappa shape index (κ3) is 7.01. The molecule has 1 aromatic rings. The van der Waals surface area contributed by atoms with E-state index in [0.717, 1.165) is 0 Å². The van der Waals surface area contributed by atoms with E-state index in [1.807, 2.05) is 27.7 Å². The van der Waals surface area contributed by atoms with Crippen molar-refractivity contribution in [3.63, 3.8) is 0 Å². The number of nitrogens with one attached hydrogen (secondary N) is 4. The first-order chi connectivity index (χ1) is 11.2. The summed E-state index contributed by atoms with van der Waals surface area (Å²) in [5.74, 6) is -0.754. The molecule has 4 N–H and O–H groups in total. The summed E-state index contributed by atoms with van der Waals surface area (Å²) < 4.78 is 0. The van der Waals surface area contributed by atoms with Crippen LogP contribution in [0, 0.1) is 0 Å². The van der Waals surface area contributed by atoms with Gasteiger partial charge in [-0.15, -0.1) is 0 Å². The number of carbonyl (C=O) groups is 2. The van der Waals surface area contributed by atoms with Crippen molar-refractivity contribution in [3.8, 4) is 0 Å². The Morgan fingerprint density at radius 2 is 1.04 bits per heavy atom. The molecule has 0 aliphatic rings. The highest BCUT2D eigenvalue weighted by Gasteiger charge is 2.12. The Kier molecular flexibility index (Phi) is 7.73. The molecule has 0 saturated carbocycles. The molecule has 0 heterocycles. The van der Waals surface area contributed by atoms with Crippen molar-refractivity contribution >= 4 is 57.6 Å². The molecule has 0 radical (unpaired) electrons. The second-order valence-corrected chi connectivity index (χ2v) is 6.56. The SMILES string of the molecule is CC(C)NC(=S)C(=O)Nc1ccc(NC(=O)C(=S)NC(C)C)cc1. The van der Waals surface area contributed by atoms with E-state index in [0.29, 0.717) is 11.4 Å². The van der Waals surface area contributed by atoms with Crippen LogP contribution in [0.3, 0.4) is 0 Å². The smallest absolute Gasteiger partial charge is 0.283 e. The number of hydrogen-bond acceptors (Lipinski definition) is 4. The van der Waals surface area contributed by atoms with Crippen LogP contribution in [-0.4, -0.2) is 33.9 Å². The maximum Gasteiger partial charge on any atom is 0.283 e. The Balaban J connectivity index is 2.60. The van der Waals surface area contributed by atoms with E-state index < -0.39 is 0 Å². The van der Waals surface area contributed by atoms with Gasteiger partial charge in [-0.3, -0.25) is 9.59 Å². The van der Waals surface area contributed by atoms with Crippen LogP contribution in [0.2, 0.25) is 0 Å². The molecule has 0 aromatic heterocycles. The lowest BCUT2D eigenvalue weighted by Gasteiger charge is -2.13. The van der Waals surface area contributed by atoms with Crippen LogP contribution in [0.15, 0.2) is 24.3 Å². The molecule has 0 aliphatic carbocycles. The Labute approximate surface area is 152 Å². The number of carbonyl (C=O) groups excluding carboxylic acids is 2. The molecule has 8 heteroatoms. The van der Waals surface area contributed by atoms with Crippen molar-refractivity contribution in [1.82, 2.24) is 10.6 Å². The topological polar surface area (TPSA) is 82.3 Å². The van der Waals surface area contributed by atoms with E-state index in [9.17, 15) is 9.59 Å². The average molecular weight is 367 g/mol. The minimum Gasteiger partial charge on any atom is -0.370 e. The van der Waals surface area contributed by atoms with Crippen molar-refractivity contribution in [2.45, 2.75) is 39.8 Å². The van der Waals surface area contributed by atoms with Crippen molar-refractivity contribution in [2.75, 3.05) is 10.6 Å². The largest absolute Gasteiger partial charge is 0.370 e. The maximum atomic E-state index is 11.9. The summed E-state index contributed by atoms with van der Waals surface area (Å²) in [4.78, 5) is 24.0. The van der Waals surface area contributed by atoms with Crippen molar-refractivity contribution in [3.05, 3.63) is 24.3 Å². The van der Waals surface area contributed by atoms with Crippen molar-refractivity contribution < 1.29 is 9.59 Å². The fourth-order valence-electron chi connectivity index (χ4n) is 1.67. The molecule has 0 unspecified atom stereocenters. The Morgan fingerprint density at radius 1 is 0.750 bits per heavy atom. The highest BCUT2D eigenvalue weighted by Crippen LogP contribution is 2.13. The van der Waals surface area contributed by atoms with Gasteiger partial charge in [-0.05, 0) is 52.0 Å². The first kappa shape index (κ1) is 20.0. The molecule has 1 rings (SSSR count). The van der Waals surface area contributed by atoms with Gasteiger partial charge >= 0.3 is 0 Å². The van der Waals surface area contributed by atoms with Crippen LogP contribution < -0.4 is 21.3 Å². The summed E-state index contributed by atoms with van der Waals surface area (Å²) >= 11 is 9.99. The van der Waals surface area contributed by atoms with Crippen LogP contribution in [0.4, 0.5) is 11.4 Å². The van der Waals surface area contributed by atoms with E-state index in [-0.39, 0.29) is 33.9 Å². The molecule has 0 bridgehead atoms. The molecule has 0 saturated heterocycles. The summed E-state index contributed by atoms with van der Waals surface area (Å²) in [5, 5.41) is 11.1. The summed E-state index contributed by atoms with van der Waals surface area (Å²) in [6.45, 7) is 7.59. The average Bonchev–Trinajstić information content (AvgIpc) is 2.47. The van der Waals surface area contributed by atoms with Gasteiger partial charge in [-0.2, -0.15) is 0 Å². The Morgan fingerprint density at radius 3 is 1.29 bits per heavy atom. The fourth-order valence-corrected chi connectivity index (χ4v) is 2.24. The molecule has 0 atom stereocenters. The molecular weight excluding hydrogens is 344 g/mol. The molecule has 2 amide bonds. The van der Waals surface area contributed by atoms with Gasteiger partial charge in [0.1, 0.15) is 0 Å². The van der Waals surface area contributed by atoms with Gasteiger partial charge in [-0.1, -0.05) is 24.4 Å². The van der Waals surface area contributed by atoms with Crippen LogP contribution >= 0.6 is 24.4 Å². The van der Waals surface area contributed by atoms with Crippen LogP contribution in [0.5, 0.6) is 0 Å². The normalized spacial score (nSPS) is 10.2. The molecule has 130 valence electrons. The lowest BCUT2D eigenvalue weighted by molar-refractivity contribution is -0.111. The van der Waals surface area contributed by atoms with E-state index >= 15 is 0 Å². The molecule has 0 aliphatic heterocycles. The van der Waals surface area contributed by atoms with Crippen LogP contribution in [0.25, 0.3) is 0 Å². The molecular formula is C16H22N4O2S2. The van der Waals surface area contributed by atoms with Gasteiger partial charge in [0.2, 0.25) is 0 Å². The molecule has 0 fully saturated rings. The highest BCUT2D eigenvalue weighted by molar-refractivity contribution is 7.82. The second kappa shape index (κ2) is 9.29. The molecule has 0 spiro atoms. The number of rotatable bonds is 4. The first-order valence-electron chi connectivity index (χ1n) is 7.52. The van der Waals surface area contributed by atoms with Gasteiger partial charge < -0.3 is 21.3 Å². The summed E-state index contributed by atoms with van der Waals surface area (Å²) in [7, 11) is 0. The van der Waals surface area contributed by atoms with Crippen LogP contribution in [0.1, 0.15) is 27.7 Å². The van der Waals surface area contributed by atoms with Crippen LogP contribution in [-0.2, 0) is 9.59 Å². The standard InChI is InChI=1S/C16H22N4O2S2/c1-9(2)17-15(23)13(21)19-11-5-7-12(8-6-11)20-14(22)16(24)18-10(3)4/h5-10H,1-4H3,(H,17,23)(H,18,24)(H,19,21)(H,20,22). The lowest BCUT2D eigenvalue weighted by Crippen LogP contribution is -2.38. The predicted octanol–water partition coefficient (Wildman–Crippen LogP) is 2.21. The minimum absolute atomic E-state index is 0.0872. The van der Waals surface area contributed by atoms with Gasteiger partial charge in [0.05, 0.1) is 0 Å². The second-order valence-electron chi connectivity index (χ2n) is 5.74. The lowest BCUT2D eigenvalue weighted by atomic mass is 10.2. The van der Waals surface area contributed by atoms with Gasteiger partial charge in [0, 0.05) is 23.5 Å². The van der Waals surface area contributed by atoms with E-state index in [2.05, 4.69) is 21.3 Å². The predicted molar refractivity (Wildman–Crippen MR) is 105 cm³/mol. The summed E-state index contributed by atoms with van der Waals surface area (Å²) in [6.07, 6.45) is 0. The molecule has 24 heavy (non-hydrogen) atoms. The van der Waals surface area contributed by atoms with Crippen molar-refractivity contribution in [1.29, 1.82) is 0 Å². The summed E-state index contributed by atoms with van der Waals surface area (Å²) in [5.41, 5.74) is 1.16. The third-order valence-corrected chi connectivity index (χ3v) is 3.26. The van der Waals surface area contributed by atoms with Gasteiger partial charge in [0.25, 0.3) is 11.8 Å². The molecule has 1 aromatic carbocycles. The van der Waals surface area contributed by atoms with E-state index in [1.54, 1.807) is 24.3 Å². The first-order valence-corrected chi connectivity index (χ1v) is 8.34. The number of hydrogen-bond donors (Lipinski definition) is 4. The van der Waals surface area contributed by atoms with E-state index in [4.69, 9.17) is 24.4 Å². The Hall–Kier alpha value is -2.06. The van der Waals surface area contributed by atoms with E-state index in [1.165, 1.54) is 0 Å². The van der Waals surface area contributed by atoms with Crippen molar-refractivity contribution in [2.24, 2.45) is 0 Å². The number of amides is 2. The third-order valence-electron chi connectivity index (χ3n) is 2.65. The Bertz CT molecular complexity index is 572. The quantitative estimate of drug-likeness (QED) is 0.612. The number of benzene rings is 1. The fraction of sp³-hybridized carbons (Fsp3) is 0.375. The monoisotopic (exact) mass is 366 g/mol. The zero-order valence-electron chi connectivity index (χ0n) is 14.1. The maximum absolute atomic E-state index is 11.9. The number of anilines is 2. The molecule has 6 nitrogen and oxygen atoms in total. The minimum atomic E-state index is -0.377. The van der Waals surface area contributed by atoms with Gasteiger partial charge in [-0.25, -0.2) is 0 Å². The zero-order chi connectivity index (χ0) is 18.3. The zero-order valence-corrected chi connectivity index (χ0v) is 15.7. The van der Waals surface area contributed by atoms with Gasteiger partial charge in [0.15, 0.2) is 9.98 Å². The highest BCUT2D eigenvalue weighted by atomic mass is 32.1. The number of thiocarbonyl (C=S) groups is 2. The summed E-state index contributed by atoms with van der Waals surface area (Å²) in [6, 6.07) is 6.86.